The molecule has 0 heterocycles. The van der Waals surface area contributed by atoms with E-state index in [1.54, 1.807) is 0 Å². The summed E-state index contributed by atoms with van der Waals surface area (Å²) in [5.74, 6) is 1.60. The summed E-state index contributed by atoms with van der Waals surface area (Å²) in [6.07, 6.45) is 1.11. The van der Waals surface area contributed by atoms with Gasteiger partial charge in [0, 0.05) is 5.56 Å². The molecular formula is C23H34NO2+. The van der Waals surface area contributed by atoms with E-state index >= 15 is 0 Å². The second kappa shape index (κ2) is 10.3. The second-order valence-electron chi connectivity index (χ2n) is 8.01. The maximum absolute atomic E-state index is 5.76. The van der Waals surface area contributed by atoms with Crippen molar-refractivity contribution in [3.8, 4) is 5.75 Å². The number of ether oxygens (including phenoxy) is 2. The van der Waals surface area contributed by atoms with E-state index in [1.165, 1.54) is 11.1 Å². The highest BCUT2D eigenvalue weighted by molar-refractivity contribution is 5.27. The fourth-order valence-corrected chi connectivity index (χ4v) is 2.98. The van der Waals surface area contributed by atoms with Crippen LogP contribution in [0.3, 0.4) is 0 Å². The molecule has 0 bridgehead atoms. The molecule has 26 heavy (non-hydrogen) atoms. The van der Waals surface area contributed by atoms with Gasteiger partial charge in [-0.25, -0.2) is 0 Å². The Morgan fingerprint density at radius 1 is 0.808 bits per heavy atom. The van der Waals surface area contributed by atoms with Crippen molar-refractivity contribution in [2.24, 2.45) is 5.92 Å². The topological polar surface area (TPSA) is 18.5 Å². The van der Waals surface area contributed by atoms with Gasteiger partial charge in [0.2, 0.25) is 0 Å². The number of hydrogen-bond acceptors (Lipinski definition) is 2. The Kier molecular flexibility index (Phi) is 8.14. The molecule has 0 aliphatic carbocycles. The average molecular weight is 357 g/mol. The van der Waals surface area contributed by atoms with Crippen LogP contribution in [0.2, 0.25) is 0 Å². The quantitative estimate of drug-likeness (QED) is 0.434. The monoisotopic (exact) mass is 356 g/mol. The molecule has 0 fully saturated rings. The van der Waals surface area contributed by atoms with Crippen LogP contribution in [0.25, 0.3) is 0 Å². The Morgan fingerprint density at radius 2 is 1.50 bits per heavy atom. The van der Waals surface area contributed by atoms with Crippen LogP contribution in [0.1, 0.15) is 25.0 Å². The van der Waals surface area contributed by atoms with E-state index in [4.69, 9.17) is 9.47 Å². The fourth-order valence-electron chi connectivity index (χ4n) is 2.98. The van der Waals surface area contributed by atoms with Crippen molar-refractivity contribution >= 4 is 0 Å². The Morgan fingerprint density at radius 3 is 2.15 bits per heavy atom. The van der Waals surface area contributed by atoms with Crippen molar-refractivity contribution < 1.29 is 14.0 Å². The standard InChI is InChI=1S/C23H34NO2/c1-20(2)18-21-10-12-23(13-11-21)26-17-16-25-15-14-24(3,4)19-22-8-6-5-7-9-22/h5-13,20H,14-19H2,1-4H3/q+1. The van der Waals surface area contributed by atoms with Crippen LogP contribution in [0.15, 0.2) is 54.6 Å². The number of quaternary nitrogens is 1. The summed E-state index contributed by atoms with van der Waals surface area (Å²) in [6, 6.07) is 19.0. The van der Waals surface area contributed by atoms with E-state index in [9.17, 15) is 0 Å². The smallest absolute Gasteiger partial charge is 0.119 e. The zero-order valence-electron chi connectivity index (χ0n) is 16.8. The summed E-state index contributed by atoms with van der Waals surface area (Å²) in [4.78, 5) is 0. The maximum Gasteiger partial charge on any atom is 0.119 e. The van der Waals surface area contributed by atoms with Gasteiger partial charge in [0.25, 0.3) is 0 Å². The SMILES string of the molecule is CC(C)Cc1ccc(OCCOCC[N+](C)(C)Cc2ccccc2)cc1. The summed E-state index contributed by atoms with van der Waals surface area (Å²) < 4.78 is 12.4. The number of rotatable bonds is 11. The van der Waals surface area contributed by atoms with Gasteiger partial charge < -0.3 is 14.0 Å². The number of nitrogens with zero attached hydrogens (tertiary/aromatic N) is 1. The first-order valence-corrected chi connectivity index (χ1v) is 9.60. The first kappa shape index (κ1) is 20.5. The minimum Gasteiger partial charge on any atom is -0.491 e. The molecule has 2 rings (SSSR count). The summed E-state index contributed by atoms with van der Waals surface area (Å²) in [5, 5.41) is 0. The third kappa shape index (κ3) is 8.03. The number of hydrogen-bond donors (Lipinski definition) is 0. The lowest BCUT2D eigenvalue weighted by Crippen LogP contribution is -2.41. The van der Waals surface area contributed by atoms with E-state index in [0.717, 1.165) is 36.3 Å². The van der Waals surface area contributed by atoms with Crippen LogP contribution in [0.4, 0.5) is 0 Å². The van der Waals surface area contributed by atoms with Crippen molar-refractivity contribution in [2.75, 3.05) is 40.5 Å². The Balaban J connectivity index is 1.60. The predicted molar refractivity (Wildman–Crippen MR) is 108 cm³/mol. The summed E-state index contributed by atoms with van der Waals surface area (Å²) in [7, 11) is 4.48. The largest absolute Gasteiger partial charge is 0.491 e. The first-order chi connectivity index (χ1) is 12.4. The molecule has 0 aromatic heterocycles. The van der Waals surface area contributed by atoms with Crippen LogP contribution in [-0.2, 0) is 17.7 Å². The van der Waals surface area contributed by atoms with Gasteiger partial charge in [0.15, 0.2) is 0 Å². The molecular weight excluding hydrogens is 322 g/mol. The van der Waals surface area contributed by atoms with Crippen LogP contribution in [0, 0.1) is 5.92 Å². The van der Waals surface area contributed by atoms with Crippen LogP contribution in [-0.4, -0.2) is 44.9 Å². The van der Waals surface area contributed by atoms with Gasteiger partial charge in [-0.1, -0.05) is 56.3 Å². The zero-order valence-corrected chi connectivity index (χ0v) is 16.8. The molecule has 2 aromatic rings. The highest BCUT2D eigenvalue weighted by Crippen LogP contribution is 2.15. The molecule has 0 spiro atoms. The second-order valence-corrected chi connectivity index (χ2v) is 8.01. The van der Waals surface area contributed by atoms with Gasteiger partial charge in [-0.05, 0) is 30.0 Å². The fraction of sp³-hybridized carbons (Fsp3) is 0.478. The van der Waals surface area contributed by atoms with Crippen molar-refractivity contribution in [3.63, 3.8) is 0 Å². The van der Waals surface area contributed by atoms with Crippen LogP contribution < -0.4 is 4.74 Å². The van der Waals surface area contributed by atoms with Gasteiger partial charge in [-0.3, -0.25) is 0 Å². The lowest BCUT2D eigenvalue weighted by Gasteiger charge is -2.29. The van der Waals surface area contributed by atoms with Gasteiger partial charge in [0.1, 0.15) is 25.4 Å². The van der Waals surface area contributed by atoms with E-state index in [-0.39, 0.29) is 0 Å². The molecule has 0 radical (unpaired) electrons. The van der Waals surface area contributed by atoms with E-state index in [0.29, 0.717) is 19.1 Å². The molecule has 2 aromatic carbocycles. The predicted octanol–water partition coefficient (Wildman–Crippen LogP) is 4.56. The minimum atomic E-state index is 0.593. The number of benzene rings is 2. The molecule has 0 amide bonds. The minimum absolute atomic E-state index is 0.593. The van der Waals surface area contributed by atoms with Crippen LogP contribution in [0.5, 0.6) is 5.75 Å². The Bertz CT molecular complexity index is 620. The Labute approximate surface area is 159 Å². The summed E-state index contributed by atoms with van der Waals surface area (Å²) in [5.41, 5.74) is 2.73. The molecule has 0 unspecified atom stereocenters. The number of likely N-dealkylation sites (N-methyl/N-ethyl adjacent to an activating group) is 1. The lowest BCUT2D eigenvalue weighted by molar-refractivity contribution is -0.904. The molecule has 0 saturated heterocycles. The normalized spacial score (nSPS) is 11.7. The van der Waals surface area contributed by atoms with Crippen molar-refractivity contribution in [1.82, 2.24) is 0 Å². The molecule has 0 atom stereocenters. The van der Waals surface area contributed by atoms with Crippen molar-refractivity contribution in [1.29, 1.82) is 0 Å². The molecule has 142 valence electrons. The van der Waals surface area contributed by atoms with Gasteiger partial charge >= 0.3 is 0 Å². The summed E-state index contributed by atoms with van der Waals surface area (Å²) in [6.45, 7) is 8.44. The van der Waals surface area contributed by atoms with Crippen molar-refractivity contribution in [2.45, 2.75) is 26.8 Å². The van der Waals surface area contributed by atoms with E-state index in [2.05, 4.69) is 82.5 Å². The molecule has 0 aliphatic heterocycles. The molecule has 0 aliphatic rings. The maximum atomic E-state index is 5.76. The zero-order chi connectivity index (χ0) is 18.8. The van der Waals surface area contributed by atoms with E-state index in [1.807, 2.05) is 0 Å². The summed E-state index contributed by atoms with van der Waals surface area (Å²) >= 11 is 0. The molecule has 0 N–H and O–H groups in total. The average Bonchev–Trinajstić information content (AvgIpc) is 2.59. The highest BCUT2D eigenvalue weighted by Gasteiger charge is 2.15. The lowest BCUT2D eigenvalue weighted by atomic mass is 10.0. The molecule has 0 saturated carbocycles. The van der Waals surface area contributed by atoms with E-state index < -0.39 is 0 Å². The van der Waals surface area contributed by atoms with Crippen LogP contribution >= 0.6 is 0 Å². The third-order valence-corrected chi connectivity index (χ3v) is 4.36. The van der Waals surface area contributed by atoms with Gasteiger partial charge in [0.05, 0.1) is 27.3 Å². The third-order valence-electron chi connectivity index (χ3n) is 4.36. The molecule has 3 nitrogen and oxygen atoms in total. The van der Waals surface area contributed by atoms with Crippen molar-refractivity contribution in [3.05, 3.63) is 65.7 Å². The highest BCUT2D eigenvalue weighted by atomic mass is 16.5. The van der Waals surface area contributed by atoms with Gasteiger partial charge in [-0.15, -0.1) is 0 Å². The Hall–Kier alpha value is -1.84. The first-order valence-electron chi connectivity index (χ1n) is 9.60. The van der Waals surface area contributed by atoms with Gasteiger partial charge in [-0.2, -0.15) is 0 Å². The molecule has 3 heteroatoms.